The Kier molecular flexibility index (Phi) is 18.1. The highest BCUT2D eigenvalue weighted by Crippen LogP contribution is 2.25. The molecule has 0 amide bonds. The SMILES string of the molecule is C[Si](C)(CCCOCC1CO1)O[Si](C)(C)CCCOCC1CO1.C[Si](C)(CCCOCC1CO1)O[Si](C)(C)CCCOCC1CO1. The Balaban J connectivity index is 0.000000250. The molecular weight excluding hydrogens is 657 g/mol. The van der Waals surface area contributed by atoms with Crippen LogP contribution in [0.2, 0.25) is 76.6 Å². The summed E-state index contributed by atoms with van der Waals surface area (Å²) < 4.78 is 56.3. The Morgan fingerprint density at radius 1 is 0.391 bits per heavy atom. The van der Waals surface area contributed by atoms with Crippen LogP contribution in [0.25, 0.3) is 0 Å². The quantitative estimate of drug-likeness (QED) is 0.0538. The molecule has 4 heterocycles. The monoisotopic (exact) mass is 724 g/mol. The summed E-state index contributed by atoms with van der Waals surface area (Å²) in [7, 11) is -6.35. The van der Waals surface area contributed by atoms with Crippen molar-refractivity contribution in [3.63, 3.8) is 0 Å². The molecule has 10 nitrogen and oxygen atoms in total. The second-order valence-corrected chi connectivity index (χ2v) is 33.5. The molecule has 4 rings (SSSR count). The van der Waals surface area contributed by atoms with Crippen LogP contribution in [0.1, 0.15) is 25.7 Å². The van der Waals surface area contributed by atoms with Gasteiger partial charge in [0.15, 0.2) is 33.3 Å². The van der Waals surface area contributed by atoms with Crippen molar-refractivity contribution in [1.29, 1.82) is 0 Å². The van der Waals surface area contributed by atoms with Crippen molar-refractivity contribution in [3.05, 3.63) is 0 Å². The van der Waals surface area contributed by atoms with Gasteiger partial charge in [-0.25, -0.2) is 0 Å². The molecule has 0 aromatic rings. The van der Waals surface area contributed by atoms with Crippen LogP contribution < -0.4 is 0 Å². The van der Waals surface area contributed by atoms with Gasteiger partial charge < -0.3 is 46.1 Å². The molecule has 0 spiro atoms. The van der Waals surface area contributed by atoms with Gasteiger partial charge in [0.2, 0.25) is 0 Å². The second kappa shape index (κ2) is 20.4. The van der Waals surface area contributed by atoms with Crippen molar-refractivity contribution in [1.82, 2.24) is 0 Å². The van der Waals surface area contributed by atoms with E-state index in [0.29, 0.717) is 24.4 Å². The van der Waals surface area contributed by atoms with Crippen LogP contribution in [0.3, 0.4) is 0 Å². The van der Waals surface area contributed by atoms with Gasteiger partial charge in [-0.15, -0.1) is 0 Å². The van der Waals surface area contributed by atoms with E-state index in [0.717, 1.165) is 105 Å². The smallest absolute Gasteiger partial charge is 0.173 e. The largest absolute Gasteiger partial charge is 0.455 e. The van der Waals surface area contributed by atoms with Crippen molar-refractivity contribution >= 4 is 33.3 Å². The molecule has 0 aliphatic carbocycles. The fourth-order valence-corrected chi connectivity index (χ4v) is 23.2. The maximum atomic E-state index is 6.62. The van der Waals surface area contributed by atoms with Crippen LogP contribution in [-0.2, 0) is 46.1 Å². The summed E-state index contributed by atoms with van der Waals surface area (Å²) in [5.74, 6) is 0. The van der Waals surface area contributed by atoms with E-state index in [-0.39, 0.29) is 0 Å². The molecule has 4 aliphatic rings. The minimum absolute atomic E-state index is 0.372. The van der Waals surface area contributed by atoms with E-state index in [1.165, 1.54) is 24.2 Å². The minimum Gasteiger partial charge on any atom is -0.455 e. The van der Waals surface area contributed by atoms with Crippen molar-refractivity contribution in [2.24, 2.45) is 0 Å². The maximum absolute atomic E-state index is 6.62. The predicted molar refractivity (Wildman–Crippen MR) is 192 cm³/mol. The molecule has 0 aromatic heterocycles. The van der Waals surface area contributed by atoms with Crippen LogP contribution in [0, 0.1) is 0 Å². The third-order valence-corrected chi connectivity index (χ3v) is 23.3. The van der Waals surface area contributed by atoms with E-state index in [1.807, 2.05) is 0 Å². The molecule has 0 N–H and O–H groups in total. The lowest BCUT2D eigenvalue weighted by Gasteiger charge is -2.34. The number of hydrogen-bond acceptors (Lipinski definition) is 10. The summed E-state index contributed by atoms with van der Waals surface area (Å²) in [5.41, 5.74) is 0. The topological polar surface area (TPSA) is 106 Å². The molecule has 4 unspecified atom stereocenters. The van der Waals surface area contributed by atoms with E-state index in [2.05, 4.69) is 52.4 Å². The highest BCUT2D eigenvalue weighted by Gasteiger charge is 2.34. The van der Waals surface area contributed by atoms with Crippen LogP contribution in [0.4, 0.5) is 0 Å². The van der Waals surface area contributed by atoms with Gasteiger partial charge >= 0.3 is 0 Å². The third kappa shape index (κ3) is 23.0. The third-order valence-electron chi connectivity index (χ3n) is 8.20. The molecule has 0 saturated carbocycles. The zero-order valence-electron chi connectivity index (χ0n) is 30.5. The average Bonchev–Trinajstić information content (AvgIpc) is 3.77. The van der Waals surface area contributed by atoms with Crippen LogP contribution in [0.5, 0.6) is 0 Å². The van der Waals surface area contributed by atoms with E-state index in [4.69, 9.17) is 46.1 Å². The van der Waals surface area contributed by atoms with Gasteiger partial charge in [0.25, 0.3) is 0 Å². The number of epoxide rings is 4. The number of rotatable bonds is 28. The van der Waals surface area contributed by atoms with Gasteiger partial charge in [-0.2, -0.15) is 0 Å². The number of hydrogen-bond donors (Lipinski definition) is 0. The van der Waals surface area contributed by atoms with E-state index < -0.39 is 33.3 Å². The van der Waals surface area contributed by atoms with Gasteiger partial charge in [-0.3, -0.25) is 0 Å². The molecule has 4 saturated heterocycles. The summed E-state index contributed by atoms with van der Waals surface area (Å²) in [5, 5.41) is 0. The molecule has 0 aromatic carbocycles. The van der Waals surface area contributed by atoms with Crippen LogP contribution >= 0.6 is 0 Å². The minimum atomic E-state index is -1.59. The Morgan fingerprint density at radius 2 is 0.587 bits per heavy atom. The second-order valence-electron chi connectivity index (χ2n) is 15.8. The van der Waals surface area contributed by atoms with E-state index >= 15 is 0 Å². The van der Waals surface area contributed by atoms with Gasteiger partial charge in [0.05, 0.1) is 52.9 Å². The molecule has 272 valence electrons. The first-order valence-corrected chi connectivity index (χ1v) is 30.4. The fraction of sp³-hybridized carbons (Fsp3) is 1.00. The number of ether oxygens (including phenoxy) is 8. The fourth-order valence-electron chi connectivity index (χ4n) is 5.62. The molecule has 14 heteroatoms. The van der Waals surface area contributed by atoms with Gasteiger partial charge in [-0.05, 0) is 102 Å². The van der Waals surface area contributed by atoms with E-state index in [1.54, 1.807) is 0 Å². The van der Waals surface area contributed by atoms with Gasteiger partial charge in [0, 0.05) is 26.4 Å². The summed E-state index contributed by atoms with van der Waals surface area (Å²) in [6, 6.07) is 4.68. The van der Waals surface area contributed by atoms with Crippen molar-refractivity contribution in [2.75, 3.05) is 79.3 Å². The predicted octanol–water partition coefficient (Wildman–Crippen LogP) is 6.05. The molecule has 4 fully saturated rings. The van der Waals surface area contributed by atoms with Crippen molar-refractivity contribution in [2.45, 2.75) is 127 Å². The van der Waals surface area contributed by atoms with Gasteiger partial charge in [-0.1, -0.05) is 0 Å². The van der Waals surface area contributed by atoms with Crippen LogP contribution in [-0.4, -0.2) is 137 Å². The Morgan fingerprint density at radius 3 is 0.761 bits per heavy atom. The summed E-state index contributed by atoms with van der Waals surface area (Å²) in [6.45, 7) is 28.6. The highest BCUT2D eigenvalue weighted by molar-refractivity contribution is 6.85. The molecule has 4 atom stereocenters. The summed E-state index contributed by atoms with van der Waals surface area (Å²) in [4.78, 5) is 0. The first kappa shape index (κ1) is 40.9. The first-order valence-electron chi connectivity index (χ1n) is 17.9. The summed E-state index contributed by atoms with van der Waals surface area (Å²) in [6.07, 6.45) is 5.88. The molecule has 46 heavy (non-hydrogen) atoms. The maximum Gasteiger partial charge on any atom is 0.173 e. The van der Waals surface area contributed by atoms with Gasteiger partial charge in [0.1, 0.15) is 24.4 Å². The molecule has 0 radical (unpaired) electrons. The Hall–Kier alpha value is 0.468. The lowest BCUT2D eigenvalue weighted by Crippen LogP contribution is -2.44. The zero-order chi connectivity index (χ0) is 33.5. The highest BCUT2D eigenvalue weighted by atomic mass is 28.4. The Bertz CT molecular complexity index is 689. The normalized spacial score (nSPS) is 24.0. The molecule has 4 aliphatic heterocycles. The lowest BCUT2D eigenvalue weighted by atomic mass is 10.5. The summed E-state index contributed by atoms with van der Waals surface area (Å²) >= 11 is 0. The lowest BCUT2D eigenvalue weighted by molar-refractivity contribution is 0.116. The standard InChI is InChI=1S/2C16H34O5Si2/c2*1-22(2,9-5-7-17-11-15-13-19-15)21-23(3,4)10-6-8-18-12-16-14-20-16/h2*15-16H,5-14H2,1-4H3. The molecule has 0 bridgehead atoms. The molecular formula is C32H68O10Si4. The average molecular weight is 725 g/mol. The first-order chi connectivity index (χ1) is 21.7. The zero-order valence-corrected chi connectivity index (χ0v) is 34.5. The van der Waals surface area contributed by atoms with E-state index in [9.17, 15) is 0 Å². The van der Waals surface area contributed by atoms with Crippen molar-refractivity contribution < 1.29 is 46.1 Å². The Labute approximate surface area is 284 Å². The van der Waals surface area contributed by atoms with Crippen molar-refractivity contribution in [3.8, 4) is 0 Å². The van der Waals surface area contributed by atoms with Crippen LogP contribution in [0.15, 0.2) is 0 Å².